The first-order valence-corrected chi connectivity index (χ1v) is 7.08. The van der Waals surface area contributed by atoms with Gasteiger partial charge in [0.15, 0.2) is 0 Å². The van der Waals surface area contributed by atoms with Crippen LogP contribution in [0.25, 0.3) is 0 Å². The molecule has 0 fully saturated rings. The summed E-state index contributed by atoms with van der Waals surface area (Å²) in [5.74, 6) is 0.877. The molecular formula is C12H20N2O2S2. The fourth-order valence-corrected chi connectivity index (χ4v) is 1.56. The largest absolute Gasteiger partial charge is 0.390 e. The second-order valence-electron chi connectivity index (χ2n) is 4.01. The Bertz CT molecular complexity index is 302. The molecule has 0 saturated carbocycles. The molecule has 0 saturated heterocycles. The van der Waals surface area contributed by atoms with E-state index >= 15 is 0 Å². The third kappa shape index (κ3) is 5.86. The van der Waals surface area contributed by atoms with Crippen LogP contribution >= 0.6 is 25.3 Å². The van der Waals surface area contributed by atoms with Crippen LogP contribution in [0.4, 0.5) is 11.4 Å². The summed E-state index contributed by atoms with van der Waals surface area (Å²) in [5, 5.41) is 24.9. The van der Waals surface area contributed by atoms with Gasteiger partial charge >= 0.3 is 0 Å². The zero-order valence-electron chi connectivity index (χ0n) is 10.1. The molecule has 1 aromatic rings. The molecule has 18 heavy (non-hydrogen) atoms. The average molecular weight is 288 g/mol. The maximum absolute atomic E-state index is 9.36. The minimum absolute atomic E-state index is 0.439. The van der Waals surface area contributed by atoms with Gasteiger partial charge < -0.3 is 20.8 Å². The molecule has 0 spiro atoms. The first-order chi connectivity index (χ1) is 8.65. The highest BCUT2D eigenvalue weighted by molar-refractivity contribution is 7.80. The summed E-state index contributed by atoms with van der Waals surface area (Å²) in [6, 6.07) is 7.67. The first-order valence-electron chi connectivity index (χ1n) is 5.81. The van der Waals surface area contributed by atoms with Crippen LogP contribution in [0.1, 0.15) is 0 Å². The van der Waals surface area contributed by atoms with Crippen molar-refractivity contribution in [3.63, 3.8) is 0 Å². The van der Waals surface area contributed by atoms with Gasteiger partial charge in [-0.15, -0.1) is 0 Å². The number of aliphatic hydroxyl groups excluding tert-OH is 2. The highest BCUT2D eigenvalue weighted by atomic mass is 32.1. The van der Waals surface area contributed by atoms with Crippen molar-refractivity contribution in [2.75, 3.05) is 35.2 Å². The number of thiol groups is 2. The molecule has 0 aliphatic heterocycles. The Morgan fingerprint density at radius 3 is 1.44 bits per heavy atom. The molecule has 0 aromatic heterocycles. The van der Waals surface area contributed by atoms with Gasteiger partial charge in [0.1, 0.15) is 0 Å². The lowest BCUT2D eigenvalue weighted by Crippen LogP contribution is -2.21. The smallest absolute Gasteiger partial charge is 0.0800 e. The van der Waals surface area contributed by atoms with Gasteiger partial charge in [-0.2, -0.15) is 25.3 Å². The lowest BCUT2D eigenvalue weighted by atomic mass is 10.2. The number of aliphatic hydroxyl groups is 2. The van der Waals surface area contributed by atoms with Gasteiger partial charge in [0.25, 0.3) is 0 Å². The molecule has 0 bridgehead atoms. The van der Waals surface area contributed by atoms with Crippen molar-refractivity contribution in [2.24, 2.45) is 0 Å². The summed E-state index contributed by atoms with van der Waals surface area (Å²) in [5.41, 5.74) is 1.88. The number of hydrogen-bond acceptors (Lipinski definition) is 6. The van der Waals surface area contributed by atoms with E-state index in [1.165, 1.54) is 0 Å². The Labute approximate surface area is 119 Å². The van der Waals surface area contributed by atoms with Crippen molar-refractivity contribution in [2.45, 2.75) is 12.2 Å². The zero-order valence-corrected chi connectivity index (χ0v) is 11.9. The van der Waals surface area contributed by atoms with E-state index in [0.29, 0.717) is 24.6 Å². The van der Waals surface area contributed by atoms with Crippen LogP contribution in [0.15, 0.2) is 24.3 Å². The molecule has 102 valence electrons. The summed E-state index contributed by atoms with van der Waals surface area (Å²) < 4.78 is 0. The SMILES string of the molecule is OC(CS)CNc1ccc(NCC(O)CS)cc1. The van der Waals surface area contributed by atoms with E-state index in [1.807, 2.05) is 24.3 Å². The van der Waals surface area contributed by atoms with E-state index < -0.39 is 12.2 Å². The molecule has 0 aliphatic rings. The van der Waals surface area contributed by atoms with Gasteiger partial charge in [0.2, 0.25) is 0 Å². The lowest BCUT2D eigenvalue weighted by molar-refractivity contribution is 0.213. The normalized spacial score (nSPS) is 14.0. The number of benzene rings is 1. The molecule has 1 aromatic carbocycles. The highest BCUT2D eigenvalue weighted by Crippen LogP contribution is 2.13. The second kappa shape index (κ2) is 8.53. The van der Waals surface area contributed by atoms with Gasteiger partial charge in [0.05, 0.1) is 12.2 Å². The van der Waals surface area contributed by atoms with Crippen molar-refractivity contribution in [1.29, 1.82) is 0 Å². The summed E-state index contributed by atoms with van der Waals surface area (Å²) in [4.78, 5) is 0. The van der Waals surface area contributed by atoms with Crippen LogP contribution in [0, 0.1) is 0 Å². The van der Waals surface area contributed by atoms with Crippen LogP contribution in [0.5, 0.6) is 0 Å². The van der Waals surface area contributed by atoms with Crippen LogP contribution in [0.2, 0.25) is 0 Å². The van der Waals surface area contributed by atoms with E-state index in [4.69, 9.17) is 0 Å². The van der Waals surface area contributed by atoms with Gasteiger partial charge in [0, 0.05) is 36.0 Å². The number of hydrogen-bond donors (Lipinski definition) is 6. The number of nitrogens with one attached hydrogen (secondary N) is 2. The fraction of sp³-hybridized carbons (Fsp3) is 0.500. The average Bonchev–Trinajstić information content (AvgIpc) is 2.43. The predicted octanol–water partition coefficient (Wildman–Crippen LogP) is 1.09. The topological polar surface area (TPSA) is 64.5 Å². The van der Waals surface area contributed by atoms with Crippen LogP contribution in [-0.2, 0) is 0 Å². The first kappa shape index (κ1) is 15.5. The quantitative estimate of drug-likeness (QED) is 0.405. The standard InChI is InChI=1S/C12H20N2O2S2/c15-11(7-17)5-13-9-1-2-10(4-3-9)14-6-12(16)8-18/h1-4,11-18H,5-8H2. The monoisotopic (exact) mass is 288 g/mol. The predicted molar refractivity (Wildman–Crippen MR) is 83.1 cm³/mol. The minimum atomic E-state index is -0.448. The van der Waals surface area contributed by atoms with Crippen LogP contribution in [0.3, 0.4) is 0 Å². The lowest BCUT2D eigenvalue weighted by Gasteiger charge is -2.12. The molecule has 0 amide bonds. The number of anilines is 2. The summed E-state index contributed by atoms with van der Waals surface area (Å²) in [6.07, 6.45) is -0.895. The van der Waals surface area contributed by atoms with Gasteiger partial charge in [-0.1, -0.05) is 0 Å². The Morgan fingerprint density at radius 2 is 1.17 bits per heavy atom. The van der Waals surface area contributed by atoms with E-state index in [1.54, 1.807) is 0 Å². The molecular weight excluding hydrogens is 268 g/mol. The van der Waals surface area contributed by atoms with Crippen molar-refractivity contribution in [3.05, 3.63) is 24.3 Å². The van der Waals surface area contributed by atoms with E-state index in [-0.39, 0.29) is 0 Å². The third-order valence-electron chi connectivity index (χ3n) is 2.39. The van der Waals surface area contributed by atoms with E-state index in [2.05, 4.69) is 35.9 Å². The Morgan fingerprint density at radius 1 is 0.833 bits per heavy atom. The molecule has 0 radical (unpaired) electrons. The summed E-state index contributed by atoms with van der Waals surface area (Å²) in [7, 11) is 0. The van der Waals surface area contributed by atoms with Gasteiger partial charge in [-0.25, -0.2) is 0 Å². The number of rotatable bonds is 8. The van der Waals surface area contributed by atoms with Crippen LogP contribution < -0.4 is 10.6 Å². The van der Waals surface area contributed by atoms with Crippen molar-refractivity contribution >= 4 is 36.6 Å². The highest BCUT2D eigenvalue weighted by Gasteiger charge is 2.02. The maximum Gasteiger partial charge on any atom is 0.0800 e. The maximum atomic E-state index is 9.36. The summed E-state index contributed by atoms with van der Waals surface area (Å²) in [6.45, 7) is 0.962. The molecule has 4 nitrogen and oxygen atoms in total. The molecule has 6 heteroatoms. The third-order valence-corrected chi connectivity index (χ3v) is 3.23. The Balaban J connectivity index is 2.37. The second-order valence-corrected chi connectivity index (χ2v) is 4.74. The van der Waals surface area contributed by atoms with Gasteiger partial charge in [-0.05, 0) is 24.3 Å². The van der Waals surface area contributed by atoms with E-state index in [0.717, 1.165) is 11.4 Å². The Hall–Kier alpha value is -0.560. The minimum Gasteiger partial charge on any atom is -0.390 e. The molecule has 0 aliphatic carbocycles. The van der Waals surface area contributed by atoms with Crippen molar-refractivity contribution in [1.82, 2.24) is 0 Å². The fourth-order valence-electron chi connectivity index (χ4n) is 1.31. The molecule has 1 rings (SSSR count). The van der Waals surface area contributed by atoms with E-state index in [9.17, 15) is 10.2 Å². The van der Waals surface area contributed by atoms with Crippen molar-refractivity contribution in [3.8, 4) is 0 Å². The van der Waals surface area contributed by atoms with Crippen molar-refractivity contribution < 1.29 is 10.2 Å². The summed E-state index contributed by atoms with van der Waals surface area (Å²) >= 11 is 8.01. The molecule has 2 unspecified atom stereocenters. The van der Waals surface area contributed by atoms with Crippen LogP contribution in [-0.4, -0.2) is 47.0 Å². The molecule has 4 N–H and O–H groups in total. The van der Waals surface area contributed by atoms with Gasteiger partial charge in [-0.3, -0.25) is 0 Å². The molecule has 2 atom stereocenters. The molecule has 0 heterocycles. The zero-order chi connectivity index (χ0) is 13.4. The Kier molecular flexibility index (Phi) is 7.34.